The molecule has 2 rings (SSSR count). The Balaban J connectivity index is 0.00000144. The first kappa shape index (κ1) is 17.6. The fraction of sp³-hybridized carbons (Fsp3) is 0. The first-order valence-electron chi connectivity index (χ1n) is 4.97. The Labute approximate surface area is 153 Å². The molecule has 0 aliphatic heterocycles. The van der Waals surface area contributed by atoms with Crippen molar-refractivity contribution in [2.75, 3.05) is 0 Å². The van der Waals surface area contributed by atoms with Crippen molar-refractivity contribution in [2.45, 2.75) is 0 Å². The molecule has 0 heterocycles. The SMILES string of the molecule is C#Cc1ccc(-c2ccc(C#C)cc2)cc1.[Na].[Na]. The molecule has 0 aliphatic rings. The topological polar surface area (TPSA) is 0 Å². The van der Waals surface area contributed by atoms with Crippen LogP contribution in [0.1, 0.15) is 11.1 Å². The van der Waals surface area contributed by atoms with Crippen LogP contribution in [0.15, 0.2) is 48.5 Å². The molecular formula is C16H10Na2. The Kier molecular flexibility index (Phi) is 8.41. The number of terminal acetylenes is 2. The minimum atomic E-state index is 0. The third-order valence-electron chi connectivity index (χ3n) is 2.44. The minimum Gasteiger partial charge on any atom is -0.115 e. The van der Waals surface area contributed by atoms with E-state index >= 15 is 0 Å². The van der Waals surface area contributed by atoms with E-state index in [9.17, 15) is 0 Å². The molecule has 0 spiro atoms. The normalized spacial score (nSPS) is 8.11. The van der Waals surface area contributed by atoms with Gasteiger partial charge in [-0.2, -0.15) is 0 Å². The van der Waals surface area contributed by atoms with Crippen molar-refractivity contribution in [3.05, 3.63) is 59.7 Å². The summed E-state index contributed by atoms with van der Waals surface area (Å²) in [5.41, 5.74) is 4.07. The van der Waals surface area contributed by atoms with Crippen molar-refractivity contribution >= 4 is 59.1 Å². The van der Waals surface area contributed by atoms with Crippen molar-refractivity contribution in [2.24, 2.45) is 0 Å². The first-order valence-corrected chi connectivity index (χ1v) is 4.97. The van der Waals surface area contributed by atoms with E-state index in [1.807, 2.05) is 48.5 Å². The van der Waals surface area contributed by atoms with Crippen LogP contribution < -0.4 is 0 Å². The summed E-state index contributed by atoms with van der Waals surface area (Å²) in [7, 11) is 0. The molecule has 76 valence electrons. The molecule has 2 radical (unpaired) electrons. The standard InChI is InChI=1S/C16H10.2Na/c1-3-13-5-9-15(10-6-13)16-11-7-14(4-2)8-12-16;;/h1-2,5-12H;;. The molecular weight excluding hydrogens is 238 g/mol. The monoisotopic (exact) mass is 248 g/mol. The van der Waals surface area contributed by atoms with E-state index in [-0.39, 0.29) is 59.1 Å². The zero-order valence-electron chi connectivity index (χ0n) is 10.8. The molecule has 2 aromatic carbocycles. The van der Waals surface area contributed by atoms with Gasteiger partial charge in [-0.1, -0.05) is 36.1 Å². The van der Waals surface area contributed by atoms with Crippen LogP contribution in [0.2, 0.25) is 0 Å². The zero-order valence-corrected chi connectivity index (χ0v) is 14.8. The minimum absolute atomic E-state index is 0. The molecule has 0 unspecified atom stereocenters. The molecule has 0 aromatic heterocycles. The summed E-state index contributed by atoms with van der Waals surface area (Å²) in [6.45, 7) is 0. The van der Waals surface area contributed by atoms with Gasteiger partial charge in [-0.05, 0) is 35.4 Å². The zero-order chi connectivity index (χ0) is 11.4. The Morgan fingerprint density at radius 1 is 0.556 bits per heavy atom. The number of rotatable bonds is 1. The molecule has 0 N–H and O–H groups in total. The van der Waals surface area contributed by atoms with Gasteiger partial charge >= 0.3 is 0 Å². The largest absolute Gasteiger partial charge is 0.115 e. The van der Waals surface area contributed by atoms with Gasteiger partial charge in [0.2, 0.25) is 0 Å². The maximum Gasteiger partial charge on any atom is 0.0243 e. The van der Waals surface area contributed by atoms with Gasteiger partial charge in [-0.15, -0.1) is 12.8 Å². The Hall–Kier alpha value is -0.440. The molecule has 0 atom stereocenters. The summed E-state index contributed by atoms with van der Waals surface area (Å²) in [5, 5.41) is 0. The summed E-state index contributed by atoms with van der Waals surface area (Å²) in [6, 6.07) is 15.8. The van der Waals surface area contributed by atoms with E-state index in [1.165, 1.54) is 0 Å². The molecule has 0 aliphatic carbocycles. The van der Waals surface area contributed by atoms with Crippen LogP contribution >= 0.6 is 0 Å². The molecule has 0 saturated heterocycles. The van der Waals surface area contributed by atoms with Gasteiger partial charge < -0.3 is 0 Å². The van der Waals surface area contributed by atoms with Gasteiger partial charge in [0.15, 0.2) is 0 Å². The maximum atomic E-state index is 5.30. The second-order valence-electron chi connectivity index (χ2n) is 3.44. The Bertz CT molecular complexity index is 511. The molecule has 0 saturated carbocycles. The summed E-state index contributed by atoms with van der Waals surface area (Å²) < 4.78 is 0. The van der Waals surface area contributed by atoms with E-state index in [0.29, 0.717) is 0 Å². The van der Waals surface area contributed by atoms with Crippen molar-refractivity contribution in [3.63, 3.8) is 0 Å². The molecule has 2 aromatic rings. The predicted octanol–water partition coefficient (Wildman–Crippen LogP) is 2.55. The summed E-state index contributed by atoms with van der Waals surface area (Å²) in [4.78, 5) is 0. The van der Waals surface area contributed by atoms with Crippen molar-refractivity contribution < 1.29 is 0 Å². The number of hydrogen-bond donors (Lipinski definition) is 0. The average Bonchev–Trinajstić information content (AvgIpc) is 2.39. The van der Waals surface area contributed by atoms with Crippen LogP contribution in [-0.2, 0) is 0 Å². The third kappa shape index (κ3) is 4.34. The smallest absolute Gasteiger partial charge is 0.0243 e. The quantitative estimate of drug-likeness (QED) is 0.537. The van der Waals surface area contributed by atoms with Crippen LogP contribution in [0, 0.1) is 24.7 Å². The number of benzene rings is 2. The van der Waals surface area contributed by atoms with E-state index in [1.54, 1.807) is 0 Å². The van der Waals surface area contributed by atoms with Crippen molar-refractivity contribution in [1.82, 2.24) is 0 Å². The Morgan fingerprint density at radius 2 is 0.833 bits per heavy atom. The van der Waals surface area contributed by atoms with Gasteiger partial charge in [0.1, 0.15) is 0 Å². The fourth-order valence-corrected chi connectivity index (χ4v) is 1.52. The molecule has 0 nitrogen and oxygen atoms in total. The van der Waals surface area contributed by atoms with Gasteiger partial charge in [-0.25, -0.2) is 0 Å². The first-order chi connectivity index (χ1) is 7.83. The summed E-state index contributed by atoms with van der Waals surface area (Å²) >= 11 is 0. The second-order valence-corrected chi connectivity index (χ2v) is 3.44. The summed E-state index contributed by atoms with van der Waals surface area (Å²) in [6.07, 6.45) is 10.6. The molecule has 0 amide bonds. The van der Waals surface area contributed by atoms with Crippen LogP contribution in [0.3, 0.4) is 0 Å². The molecule has 0 bridgehead atoms. The van der Waals surface area contributed by atoms with Crippen LogP contribution in [0.5, 0.6) is 0 Å². The Morgan fingerprint density at radius 3 is 1.06 bits per heavy atom. The van der Waals surface area contributed by atoms with E-state index in [2.05, 4.69) is 11.8 Å². The van der Waals surface area contributed by atoms with Crippen LogP contribution in [-0.4, -0.2) is 59.1 Å². The van der Waals surface area contributed by atoms with E-state index in [4.69, 9.17) is 12.8 Å². The number of hydrogen-bond acceptors (Lipinski definition) is 0. The van der Waals surface area contributed by atoms with E-state index in [0.717, 1.165) is 22.3 Å². The molecule has 2 heteroatoms. The fourth-order valence-electron chi connectivity index (χ4n) is 1.52. The van der Waals surface area contributed by atoms with Crippen LogP contribution in [0.4, 0.5) is 0 Å². The predicted molar refractivity (Wildman–Crippen MR) is 79.3 cm³/mol. The average molecular weight is 248 g/mol. The van der Waals surface area contributed by atoms with E-state index < -0.39 is 0 Å². The second kappa shape index (κ2) is 8.63. The van der Waals surface area contributed by atoms with Gasteiger partial charge in [0.25, 0.3) is 0 Å². The third-order valence-corrected chi connectivity index (χ3v) is 2.44. The molecule has 18 heavy (non-hydrogen) atoms. The summed E-state index contributed by atoms with van der Waals surface area (Å²) in [5.74, 6) is 5.19. The van der Waals surface area contributed by atoms with Gasteiger partial charge in [-0.3, -0.25) is 0 Å². The van der Waals surface area contributed by atoms with Crippen molar-refractivity contribution in [1.29, 1.82) is 0 Å². The van der Waals surface area contributed by atoms with Gasteiger partial charge in [0, 0.05) is 70.2 Å². The van der Waals surface area contributed by atoms with Crippen LogP contribution in [0.25, 0.3) is 11.1 Å². The van der Waals surface area contributed by atoms with Crippen molar-refractivity contribution in [3.8, 4) is 35.8 Å². The maximum absolute atomic E-state index is 5.30. The molecule has 0 fully saturated rings. The van der Waals surface area contributed by atoms with Gasteiger partial charge in [0.05, 0.1) is 0 Å².